The van der Waals surface area contributed by atoms with Gasteiger partial charge < -0.3 is 20.2 Å². The molecule has 1 atom stereocenters. The molecule has 0 bridgehead atoms. The van der Waals surface area contributed by atoms with Gasteiger partial charge in [-0.3, -0.25) is 9.89 Å². The molecule has 1 aromatic heterocycles. The summed E-state index contributed by atoms with van der Waals surface area (Å²) in [7, 11) is 0. The monoisotopic (exact) mass is 512 g/mol. The summed E-state index contributed by atoms with van der Waals surface area (Å²) >= 11 is 0. The van der Waals surface area contributed by atoms with Gasteiger partial charge in [0.2, 0.25) is 0 Å². The fraction of sp³-hybridized carbons (Fsp3) is 0.500. The highest BCUT2D eigenvalue weighted by Gasteiger charge is 2.25. The fourth-order valence-corrected chi connectivity index (χ4v) is 3.66. The highest BCUT2D eigenvalue weighted by Crippen LogP contribution is 2.25. The first-order valence-electron chi connectivity index (χ1n) is 10.2. The number of aryl methyl sites for hydroxylation is 3. The second kappa shape index (κ2) is 11.6. The van der Waals surface area contributed by atoms with E-state index in [0.29, 0.717) is 12.5 Å². The Kier molecular flexibility index (Phi) is 9.45. The van der Waals surface area contributed by atoms with E-state index in [1.54, 1.807) is 0 Å². The van der Waals surface area contributed by atoms with E-state index in [1.165, 1.54) is 11.1 Å². The van der Waals surface area contributed by atoms with Crippen molar-refractivity contribution in [3.8, 4) is 0 Å². The van der Waals surface area contributed by atoms with Gasteiger partial charge in [0.1, 0.15) is 11.5 Å². The standard InChI is InChI=1S/C22H32N4O2.HI/c1-4-17-7-6-8-18(5-2)21(17)25-22(23)24-15-19(20-10-9-16(3)28-20)26-11-13-27-14-12-26;/h6-10,19H,4-5,11-15H2,1-3H3,(H3,23,24,25);1H. The molecule has 7 heteroatoms. The van der Waals surface area contributed by atoms with Crippen LogP contribution in [0.3, 0.4) is 0 Å². The molecule has 0 amide bonds. The minimum Gasteiger partial charge on any atom is -0.465 e. The Morgan fingerprint density at radius 3 is 2.34 bits per heavy atom. The van der Waals surface area contributed by atoms with Gasteiger partial charge in [-0.1, -0.05) is 32.0 Å². The zero-order valence-corrected chi connectivity index (χ0v) is 19.9. The number of nitrogens with one attached hydrogen (secondary N) is 1. The maximum Gasteiger partial charge on any atom is 0.193 e. The van der Waals surface area contributed by atoms with Crippen LogP contribution in [0.4, 0.5) is 5.69 Å². The summed E-state index contributed by atoms with van der Waals surface area (Å²) in [6.45, 7) is 10.0. The van der Waals surface area contributed by atoms with Crippen LogP contribution in [-0.2, 0) is 17.6 Å². The molecule has 0 aliphatic carbocycles. The van der Waals surface area contributed by atoms with Crippen LogP contribution in [0.5, 0.6) is 0 Å². The third-order valence-corrected chi connectivity index (χ3v) is 5.26. The lowest BCUT2D eigenvalue weighted by Crippen LogP contribution is -2.40. The smallest absolute Gasteiger partial charge is 0.193 e. The van der Waals surface area contributed by atoms with Crippen LogP contribution in [0.25, 0.3) is 0 Å². The number of furan rings is 1. The van der Waals surface area contributed by atoms with E-state index in [4.69, 9.17) is 14.9 Å². The summed E-state index contributed by atoms with van der Waals surface area (Å²) in [4.78, 5) is 7.03. The molecule has 2 heterocycles. The number of guanidine groups is 1. The van der Waals surface area contributed by atoms with E-state index < -0.39 is 0 Å². The lowest BCUT2D eigenvalue weighted by molar-refractivity contribution is 0.0135. The SMILES string of the molecule is CCc1cccc(CC)c1NC(N)=NCC(c1ccc(C)o1)N1CCOCC1.I. The van der Waals surface area contributed by atoms with Crippen LogP contribution in [-0.4, -0.2) is 43.7 Å². The van der Waals surface area contributed by atoms with Crippen LogP contribution in [0.2, 0.25) is 0 Å². The van der Waals surface area contributed by atoms with Crippen LogP contribution in [0.1, 0.15) is 42.5 Å². The number of para-hydroxylation sites is 1. The summed E-state index contributed by atoms with van der Waals surface area (Å²) in [6.07, 6.45) is 1.90. The van der Waals surface area contributed by atoms with Crippen molar-refractivity contribution in [3.63, 3.8) is 0 Å². The molecule has 1 saturated heterocycles. The molecule has 0 radical (unpaired) electrons. The van der Waals surface area contributed by atoms with E-state index in [2.05, 4.69) is 47.3 Å². The first kappa shape index (κ1) is 23.7. The van der Waals surface area contributed by atoms with Gasteiger partial charge in [0.15, 0.2) is 5.96 Å². The number of nitrogens with two attached hydrogens (primary N) is 1. The summed E-state index contributed by atoms with van der Waals surface area (Å²) in [6, 6.07) is 10.5. The Labute approximate surface area is 190 Å². The highest BCUT2D eigenvalue weighted by molar-refractivity contribution is 14.0. The van der Waals surface area contributed by atoms with Gasteiger partial charge in [0, 0.05) is 18.8 Å². The van der Waals surface area contributed by atoms with Crippen molar-refractivity contribution < 1.29 is 9.15 Å². The third kappa shape index (κ3) is 6.20. The Morgan fingerprint density at radius 2 is 1.79 bits per heavy atom. The molecule has 29 heavy (non-hydrogen) atoms. The molecule has 1 aliphatic rings. The minimum atomic E-state index is 0. The summed E-state index contributed by atoms with van der Waals surface area (Å²) < 4.78 is 11.4. The number of hydrogen-bond acceptors (Lipinski definition) is 4. The lowest BCUT2D eigenvalue weighted by atomic mass is 10.0. The Morgan fingerprint density at radius 1 is 1.14 bits per heavy atom. The number of morpholine rings is 1. The first-order chi connectivity index (χ1) is 13.6. The topological polar surface area (TPSA) is 76.0 Å². The van der Waals surface area contributed by atoms with E-state index in [9.17, 15) is 0 Å². The molecule has 3 rings (SSSR count). The number of aliphatic imine (C=N–C) groups is 1. The maximum atomic E-state index is 6.28. The van der Waals surface area contributed by atoms with Crippen molar-refractivity contribution in [1.29, 1.82) is 0 Å². The van der Waals surface area contributed by atoms with Gasteiger partial charge in [-0.2, -0.15) is 0 Å². The normalized spacial score (nSPS) is 16.3. The molecule has 1 aromatic carbocycles. The average molecular weight is 512 g/mol. The van der Waals surface area contributed by atoms with Gasteiger partial charge in [-0.05, 0) is 43.0 Å². The maximum absolute atomic E-state index is 6.28. The van der Waals surface area contributed by atoms with Crippen molar-refractivity contribution in [1.82, 2.24) is 4.90 Å². The van der Waals surface area contributed by atoms with Crippen LogP contribution >= 0.6 is 24.0 Å². The van der Waals surface area contributed by atoms with Gasteiger partial charge in [-0.15, -0.1) is 24.0 Å². The molecule has 1 unspecified atom stereocenters. The van der Waals surface area contributed by atoms with Gasteiger partial charge in [-0.25, -0.2) is 0 Å². The predicted octanol–water partition coefficient (Wildman–Crippen LogP) is 4.13. The van der Waals surface area contributed by atoms with Crippen molar-refractivity contribution >= 4 is 35.6 Å². The molecule has 0 spiro atoms. The van der Waals surface area contributed by atoms with Crippen LogP contribution < -0.4 is 11.1 Å². The number of nitrogens with zero attached hydrogens (tertiary/aromatic N) is 2. The summed E-state index contributed by atoms with van der Waals surface area (Å²) in [5, 5.41) is 3.35. The minimum absolute atomic E-state index is 0. The number of benzene rings is 1. The highest BCUT2D eigenvalue weighted by atomic mass is 127. The van der Waals surface area contributed by atoms with E-state index in [0.717, 1.165) is 56.4 Å². The largest absolute Gasteiger partial charge is 0.465 e. The Balaban J connectivity index is 0.00000300. The summed E-state index contributed by atoms with van der Waals surface area (Å²) in [5.74, 6) is 2.28. The molecule has 160 valence electrons. The predicted molar refractivity (Wildman–Crippen MR) is 129 cm³/mol. The Bertz CT molecular complexity index is 778. The Hall–Kier alpha value is -1.58. The average Bonchev–Trinajstić information content (AvgIpc) is 3.15. The summed E-state index contributed by atoms with van der Waals surface area (Å²) in [5.41, 5.74) is 9.87. The van der Waals surface area contributed by atoms with Gasteiger partial charge in [0.25, 0.3) is 0 Å². The van der Waals surface area contributed by atoms with E-state index in [-0.39, 0.29) is 30.0 Å². The van der Waals surface area contributed by atoms with Crippen molar-refractivity contribution in [2.45, 2.75) is 39.7 Å². The number of halogens is 1. The lowest BCUT2D eigenvalue weighted by Gasteiger charge is -2.32. The zero-order valence-electron chi connectivity index (χ0n) is 17.6. The number of ether oxygens (including phenoxy) is 1. The number of anilines is 1. The molecule has 1 aliphatic heterocycles. The number of rotatable bonds is 7. The molecule has 3 N–H and O–H groups in total. The molecular weight excluding hydrogens is 479 g/mol. The van der Waals surface area contributed by atoms with Crippen LogP contribution in [0.15, 0.2) is 39.7 Å². The van der Waals surface area contributed by atoms with E-state index >= 15 is 0 Å². The molecule has 1 fully saturated rings. The molecule has 0 saturated carbocycles. The van der Waals surface area contributed by atoms with Crippen molar-refractivity contribution in [2.24, 2.45) is 10.7 Å². The second-order valence-corrected chi connectivity index (χ2v) is 7.12. The molecular formula is C22H33IN4O2. The molecule has 2 aromatic rings. The van der Waals surface area contributed by atoms with Gasteiger partial charge in [0.05, 0.1) is 25.8 Å². The van der Waals surface area contributed by atoms with Gasteiger partial charge >= 0.3 is 0 Å². The first-order valence-corrected chi connectivity index (χ1v) is 10.2. The van der Waals surface area contributed by atoms with Crippen LogP contribution in [0, 0.1) is 6.92 Å². The zero-order chi connectivity index (χ0) is 19.9. The van der Waals surface area contributed by atoms with E-state index in [1.807, 2.05) is 19.1 Å². The second-order valence-electron chi connectivity index (χ2n) is 7.12. The van der Waals surface area contributed by atoms with Crippen molar-refractivity contribution in [3.05, 3.63) is 53.0 Å². The quantitative estimate of drug-likeness (QED) is 0.332. The fourth-order valence-electron chi connectivity index (χ4n) is 3.66. The van der Waals surface area contributed by atoms with Crippen molar-refractivity contribution in [2.75, 3.05) is 38.2 Å². The molecule has 6 nitrogen and oxygen atoms in total. The number of hydrogen-bond donors (Lipinski definition) is 2. The third-order valence-electron chi connectivity index (χ3n) is 5.26.